The van der Waals surface area contributed by atoms with E-state index >= 15 is 0 Å². The SMILES string of the molecule is COc1cc(Nc2cnnc(NCc3ccccn3)n2)c(OC)cc1Cl. The Balaban J connectivity index is 1.76. The first-order valence-corrected chi connectivity index (χ1v) is 8.09. The van der Waals surface area contributed by atoms with Crippen molar-refractivity contribution in [1.29, 1.82) is 0 Å². The number of halogens is 1. The number of methoxy groups -OCH3 is 2. The minimum Gasteiger partial charge on any atom is -0.495 e. The van der Waals surface area contributed by atoms with Crippen molar-refractivity contribution < 1.29 is 9.47 Å². The van der Waals surface area contributed by atoms with Crippen molar-refractivity contribution in [3.8, 4) is 11.5 Å². The summed E-state index contributed by atoms with van der Waals surface area (Å²) in [5.74, 6) is 1.94. The molecule has 0 fully saturated rings. The van der Waals surface area contributed by atoms with E-state index in [1.807, 2.05) is 18.2 Å². The number of ether oxygens (including phenoxy) is 2. The van der Waals surface area contributed by atoms with Gasteiger partial charge in [-0.2, -0.15) is 10.1 Å². The standard InChI is InChI=1S/C17H17ClN6O2/c1-25-14-8-13(15(26-2)7-12(14)18)22-16-10-21-24-17(23-16)20-9-11-5-3-4-6-19-11/h3-8,10H,9H2,1-2H3,(H2,20,22,23,24). The van der Waals surface area contributed by atoms with Gasteiger partial charge in [-0.05, 0) is 12.1 Å². The highest BCUT2D eigenvalue weighted by Crippen LogP contribution is 2.37. The number of pyridine rings is 1. The van der Waals surface area contributed by atoms with Crippen molar-refractivity contribution in [3.63, 3.8) is 0 Å². The highest BCUT2D eigenvalue weighted by atomic mass is 35.5. The number of hydrogen-bond acceptors (Lipinski definition) is 8. The quantitative estimate of drug-likeness (QED) is 0.652. The minimum atomic E-state index is 0.376. The van der Waals surface area contributed by atoms with Gasteiger partial charge in [0, 0.05) is 18.3 Å². The topological polar surface area (TPSA) is 94.1 Å². The second-order valence-electron chi connectivity index (χ2n) is 5.15. The molecule has 0 aliphatic heterocycles. The van der Waals surface area contributed by atoms with Crippen LogP contribution in [0.25, 0.3) is 0 Å². The lowest BCUT2D eigenvalue weighted by atomic mass is 10.2. The molecule has 1 aromatic carbocycles. The van der Waals surface area contributed by atoms with Crippen LogP contribution < -0.4 is 20.1 Å². The second-order valence-corrected chi connectivity index (χ2v) is 5.56. The Morgan fingerprint density at radius 3 is 2.69 bits per heavy atom. The van der Waals surface area contributed by atoms with Gasteiger partial charge in [0.25, 0.3) is 0 Å². The number of anilines is 3. The van der Waals surface area contributed by atoms with E-state index in [1.165, 1.54) is 6.20 Å². The monoisotopic (exact) mass is 372 g/mol. The van der Waals surface area contributed by atoms with Crippen molar-refractivity contribution in [2.45, 2.75) is 6.54 Å². The Labute approximate surface area is 155 Å². The Bertz CT molecular complexity index is 878. The van der Waals surface area contributed by atoms with Crippen LogP contribution in [0.4, 0.5) is 17.5 Å². The van der Waals surface area contributed by atoms with Crippen molar-refractivity contribution in [2.24, 2.45) is 0 Å². The maximum absolute atomic E-state index is 6.12. The third-order valence-corrected chi connectivity index (χ3v) is 3.74. The third-order valence-electron chi connectivity index (χ3n) is 3.45. The molecule has 0 saturated carbocycles. The molecule has 2 N–H and O–H groups in total. The van der Waals surface area contributed by atoms with Gasteiger partial charge in [-0.15, -0.1) is 5.10 Å². The molecule has 8 nitrogen and oxygen atoms in total. The Morgan fingerprint density at radius 2 is 1.96 bits per heavy atom. The average molecular weight is 373 g/mol. The molecule has 9 heteroatoms. The fourth-order valence-electron chi connectivity index (χ4n) is 2.21. The number of benzene rings is 1. The van der Waals surface area contributed by atoms with Gasteiger partial charge in [-0.3, -0.25) is 4.98 Å². The van der Waals surface area contributed by atoms with Crippen LogP contribution in [0, 0.1) is 0 Å². The summed E-state index contributed by atoms with van der Waals surface area (Å²) in [4.78, 5) is 8.62. The lowest BCUT2D eigenvalue weighted by Gasteiger charge is -2.13. The van der Waals surface area contributed by atoms with E-state index in [4.69, 9.17) is 21.1 Å². The maximum atomic E-state index is 6.12. The zero-order valence-corrected chi connectivity index (χ0v) is 15.0. The molecule has 0 atom stereocenters. The summed E-state index contributed by atoms with van der Waals surface area (Å²) in [5, 5.41) is 14.6. The number of hydrogen-bond donors (Lipinski definition) is 2. The molecule has 0 saturated heterocycles. The average Bonchev–Trinajstić information content (AvgIpc) is 2.68. The first kappa shape index (κ1) is 17.7. The molecule has 2 aromatic heterocycles. The summed E-state index contributed by atoms with van der Waals surface area (Å²) in [5.41, 5.74) is 1.52. The molecule has 3 rings (SSSR count). The lowest BCUT2D eigenvalue weighted by molar-refractivity contribution is 0.405. The molecule has 3 aromatic rings. The van der Waals surface area contributed by atoms with E-state index in [1.54, 1.807) is 32.5 Å². The first-order valence-electron chi connectivity index (χ1n) is 7.71. The number of nitrogens with zero attached hydrogens (tertiary/aromatic N) is 4. The van der Waals surface area contributed by atoms with Gasteiger partial charge in [-0.1, -0.05) is 17.7 Å². The van der Waals surface area contributed by atoms with E-state index < -0.39 is 0 Å². The van der Waals surface area contributed by atoms with Crippen molar-refractivity contribution in [3.05, 3.63) is 53.4 Å². The molecular weight excluding hydrogens is 356 g/mol. The molecule has 0 aliphatic carbocycles. The molecule has 0 bridgehead atoms. The van der Waals surface area contributed by atoms with Crippen LogP contribution in [0.15, 0.2) is 42.7 Å². The number of nitrogens with one attached hydrogen (secondary N) is 2. The number of aromatic nitrogens is 4. The summed E-state index contributed by atoms with van der Waals surface area (Å²) < 4.78 is 10.6. The van der Waals surface area contributed by atoms with E-state index in [9.17, 15) is 0 Å². The summed E-state index contributed by atoms with van der Waals surface area (Å²) in [6.45, 7) is 0.490. The second kappa shape index (κ2) is 8.30. The summed E-state index contributed by atoms with van der Waals surface area (Å²) >= 11 is 6.12. The normalized spacial score (nSPS) is 10.3. The predicted molar refractivity (Wildman–Crippen MR) is 99.2 cm³/mol. The van der Waals surface area contributed by atoms with Gasteiger partial charge in [0.15, 0.2) is 5.82 Å². The van der Waals surface area contributed by atoms with Crippen molar-refractivity contribution in [1.82, 2.24) is 20.2 Å². The highest BCUT2D eigenvalue weighted by molar-refractivity contribution is 6.32. The summed E-state index contributed by atoms with van der Waals surface area (Å²) in [6.07, 6.45) is 3.24. The van der Waals surface area contributed by atoms with Crippen LogP contribution in [0.5, 0.6) is 11.5 Å². The van der Waals surface area contributed by atoms with Crippen molar-refractivity contribution in [2.75, 3.05) is 24.9 Å². The molecular formula is C17H17ClN6O2. The van der Waals surface area contributed by atoms with Crippen LogP contribution in [0.2, 0.25) is 5.02 Å². The third kappa shape index (κ3) is 4.28. The molecule has 0 spiro atoms. The van der Waals surface area contributed by atoms with Crippen LogP contribution in [-0.4, -0.2) is 34.4 Å². The molecule has 0 unspecified atom stereocenters. The van der Waals surface area contributed by atoms with E-state index in [0.29, 0.717) is 40.5 Å². The molecule has 134 valence electrons. The van der Waals surface area contributed by atoms with Gasteiger partial charge in [0.1, 0.15) is 11.5 Å². The highest BCUT2D eigenvalue weighted by Gasteiger charge is 2.11. The van der Waals surface area contributed by atoms with Gasteiger partial charge < -0.3 is 20.1 Å². The minimum absolute atomic E-state index is 0.376. The maximum Gasteiger partial charge on any atom is 0.245 e. The van der Waals surface area contributed by atoms with Crippen LogP contribution in [0.1, 0.15) is 5.69 Å². The fraction of sp³-hybridized carbons (Fsp3) is 0.176. The van der Waals surface area contributed by atoms with Gasteiger partial charge >= 0.3 is 0 Å². The smallest absolute Gasteiger partial charge is 0.245 e. The Morgan fingerprint density at radius 1 is 1.12 bits per heavy atom. The van der Waals surface area contributed by atoms with Crippen LogP contribution in [0.3, 0.4) is 0 Å². The van der Waals surface area contributed by atoms with Crippen LogP contribution >= 0.6 is 11.6 Å². The molecule has 26 heavy (non-hydrogen) atoms. The zero-order chi connectivity index (χ0) is 18.4. The van der Waals surface area contributed by atoms with E-state index in [0.717, 1.165) is 5.69 Å². The van der Waals surface area contributed by atoms with Gasteiger partial charge in [0.05, 0.1) is 43.4 Å². The molecule has 0 amide bonds. The molecule has 0 radical (unpaired) electrons. The summed E-state index contributed by atoms with van der Waals surface area (Å²) in [6, 6.07) is 9.08. The van der Waals surface area contributed by atoms with Gasteiger partial charge in [-0.25, -0.2) is 0 Å². The Hall–Kier alpha value is -3.13. The molecule has 0 aliphatic rings. The fourth-order valence-corrected chi connectivity index (χ4v) is 2.44. The largest absolute Gasteiger partial charge is 0.495 e. The first-order chi connectivity index (χ1) is 12.7. The van der Waals surface area contributed by atoms with E-state index in [-0.39, 0.29) is 0 Å². The number of rotatable bonds is 7. The van der Waals surface area contributed by atoms with Crippen LogP contribution in [-0.2, 0) is 6.54 Å². The molecule has 2 heterocycles. The summed E-state index contributed by atoms with van der Waals surface area (Å²) in [7, 11) is 3.10. The van der Waals surface area contributed by atoms with Gasteiger partial charge in [0.2, 0.25) is 5.95 Å². The zero-order valence-electron chi connectivity index (χ0n) is 14.2. The Kier molecular flexibility index (Phi) is 5.65. The van der Waals surface area contributed by atoms with Crippen molar-refractivity contribution >= 4 is 29.1 Å². The predicted octanol–water partition coefficient (Wildman–Crippen LogP) is 3.29. The van der Waals surface area contributed by atoms with E-state index in [2.05, 4.69) is 30.8 Å². The lowest BCUT2D eigenvalue weighted by Crippen LogP contribution is -2.07.